The second-order valence-corrected chi connectivity index (χ2v) is 8.73. The molecule has 0 unspecified atom stereocenters. The molecule has 2 aliphatic rings. The molecule has 1 aromatic rings. The van der Waals surface area contributed by atoms with Crippen molar-refractivity contribution in [2.75, 3.05) is 6.54 Å². The summed E-state index contributed by atoms with van der Waals surface area (Å²) in [4.78, 5) is 22.9. The van der Waals surface area contributed by atoms with E-state index in [0.717, 1.165) is 16.6 Å². The fourth-order valence-corrected chi connectivity index (χ4v) is 3.29. The van der Waals surface area contributed by atoms with Gasteiger partial charge in [-0.25, -0.2) is 0 Å². The van der Waals surface area contributed by atoms with Crippen molar-refractivity contribution in [2.45, 2.75) is 64.1 Å². The van der Waals surface area contributed by atoms with Crippen LogP contribution in [0.2, 0.25) is 0 Å². The molecule has 0 aromatic heterocycles. The van der Waals surface area contributed by atoms with Gasteiger partial charge in [-0.15, -0.1) is 0 Å². The lowest BCUT2D eigenvalue weighted by atomic mass is 9.77. The summed E-state index contributed by atoms with van der Waals surface area (Å²) in [6.07, 6.45) is 3.29. The average Bonchev–Trinajstić information content (AvgIpc) is 3.36. The number of carboxylic acids is 1. The molecule has 1 saturated heterocycles. The van der Waals surface area contributed by atoms with E-state index in [0.29, 0.717) is 19.4 Å². The Kier molecular flexibility index (Phi) is 5.19. The van der Waals surface area contributed by atoms with Gasteiger partial charge in [0.15, 0.2) is 0 Å². The van der Waals surface area contributed by atoms with Crippen LogP contribution in [0.1, 0.15) is 58.6 Å². The molecule has 2 N–H and O–H groups in total. The fourth-order valence-electron chi connectivity index (χ4n) is 3.29. The molecule has 1 heterocycles. The van der Waals surface area contributed by atoms with Gasteiger partial charge in [0.25, 0.3) is 0 Å². The summed E-state index contributed by atoms with van der Waals surface area (Å²) >= 11 is 0. The second kappa shape index (κ2) is 7.05. The highest BCUT2D eigenvalue weighted by atomic mass is 16.7. The van der Waals surface area contributed by atoms with Crippen LogP contribution in [0.25, 0.3) is 6.08 Å². The summed E-state index contributed by atoms with van der Waals surface area (Å²) in [6.45, 7) is 9.72. The van der Waals surface area contributed by atoms with Crippen molar-refractivity contribution in [3.05, 3.63) is 40.9 Å². The first-order valence-corrected chi connectivity index (χ1v) is 9.61. The van der Waals surface area contributed by atoms with Gasteiger partial charge < -0.3 is 19.7 Å². The van der Waals surface area contributed by atoms with Crippen LogP contribution < -0.4 is 5.32 Å². The van der Waals surface area contributed by atoms with E-state index in [1.54, 1.807) is 0 Å². The summed E-state index contributed by atoms with van der Waals surface area (Å²) < 4.78 is 12.3. The Hall–Kier alpha value is -2.12. The standard InChI is InChI=1S/C21H28BNO5/c1-14(24)23-13-17(22-27-19(2,3)20(4,5)28-22)12-15-6-8-16(9-7-15)21(10-11-21)18(25)26/h6-9,12H,10-11,13H2,1-5H3,(H,23,24)(H,25,26). The lowest BCUT2D eigenvalue weighted by Gasteiger charge is -2.32. The molecule has 1 aromatic carbocycles. The number of carbonyl (C=O) groups excluding carboxylic acids is 1. The Balaban J connectivity index is 1.85. The molecular formula is C21H28BNO5. The fraction of sp³-hybridized carbons (Fsp3) is 0.524. The summed E-state index contributed by atoms with van der Waals surface area (Å²) in [5.41, 5.74) is 0.873. The molecule has 28 heavy (non-hydrogen) atoms. The molecular weight excluding hydrogens is 357 g/mol. The minimum absolute atomic E-state index is 0.130. The smallest absolute Gasteiger partial charge is 0.481 e. The van der Waals surface area contributed by atoms with Crippen molar-refractivity contribution >= 4 is 25.1 Å². The third-order valence-electron chi connectivity index (χ3n) is 6.07. The maximum atomic E-state index is 11.5. The van der Waals surface area contributed by atoms with Gasteiger partial charge in [0.05, 0.1) is 16.6 Å². The zero-order valence-electron chi connectivity index (χ0n) is 17.2. The van der Waals surface area contributed by atoms with Crippen LogP contribution in [-0.4, -0.2) is 41.8 Å². The van der Waals surface area contributed by atoms with Crippen LogP contribution >= 0.6 is 0 Å². The number of hydrogen-bond acceptors (Lipinski definition) is 4. The Morgan fingerprint density at radius 3 is 2.07 bits per heavy atom. The van der Waals surface area contributed by atoms with Crippen LogP contribution in [0.5, 0.6) is 0 Å². The van der Waals surface area contributed by atoms with Gasteiger partial charge in [0.2, 0.25) is 5.91 Å². The van der Waals surface area contributed by atoms with Crippen LogP contribution in [0, 0.1) is 0 Å². The molecule has 1 amide bonds. The van der Waals surface area contributed by atoms with E-state index in [4.69, 9.17) is 9.31 Å². The van der Waals surface area contributed by atoms with E-state index in [-0.39, 0.29) is 5.91 Å². The van der Waals surface area contributed by atoms with E-state index < -0.39 is 29.7 Å². The predicted molar refractivity (Wildman–Crippen MR) is 108 cm³/mol. The number of amides is 1. The van der Waals surface area contributed by atoms with E-state index in [9.17, 15) is 14.7 Å². The Morgan fingerprint density at radius 1 is 1.11 bits per heavy atom. The quantitative estimate of drug-likeness (QED) is 0.736. The summed E-state index contributed by atoms with van der Waals surface area (Å²) in [6, 6.07) is 7.54. The van der Waals surface area contributed by atoms with Crippen molar-refractivity contribution in [3.63, 3.8) is 0 Å². The van der Waals surface area contributed by atoms with E-state index >= 15 is 0 Å². The molecule has 3 rings (SSSR count). The first kappa shape index (κ1) is 20.6. The lowest BCUT2D eigenvalue weighted by molar-refractivity contribution is -0.140. The molecule has 1 saturated carbocycles. The van der Waals surface area contributed by atoms with Gasteiger partial charge in [-0.1, -0.05) is 30.3 Å². The molecule has 2 fully saturated rings. The number of aliphatic carboxylic acids is 1. The normalized spacial score (nSPS) is 22.0. The maximum Gasteiger partial charge on any atom is 0.492 e. The topological polar surface area (TPSA) is 84.9 Å². The number of carbonyl (C=O) groups is 2. The molecule has 0 atom stereocenters. The Labute approximate surface area is 166 Å². The van der Waals surface area contributed by atoms with Crippen molar-refractivity contribution in [1.82, 2.24) is 5.32 Å². The highest BCUT2D eigenvalue weighted by Crippen LogP contribution is 2.48. The molecule has 0 radical (unpaired) electrons. The monoisotopic (exact) mass is 385 g/mol. The van der Waals surface area contributed by atoms with Gasteiger partial charge in [-0.3, -0.25) is 9.59 Å². The molecule has 1 aliphatic heterocycles. The van der Waals surface area contributed by atoms with E-state index in [2.05, 4.69) is 5.32 Å². The van der Waals surface area contributed by atoms with Crippen molar-refractivity contribution in [3.8, 4) is 0 Å². The molecule has 6 nitrogen and oxygen atoms in total. The van der Waals surface area contributed by atoms with Gasteiger partial charge in [-0.05, 0) is 57.1 Å². The third-order valence-corrected chi connectivity index (χ3v) is 6.07. The number of benzene rings is 1. The van der Waals surface area contributed by atoms with Gasteiger partial charge in [0, 0.05) is 13.5 Å². The van der Waals surface area contributed by atoms with Gasteiger partial charge in [-0.2, -0.15) is 0 Å². The van der Waals surface area contributed by atoms with Crippen molar-refractivity contribution in [1.29, 1.82) is 0 Å². The van der Waals surface area contributed by atoms with Crippen LogP contribution in [-0.2, 0) is 24.3 Å². The largest absolute Gasteiger partial charge is 0.492 e. The molecule has 1 aliphatic carbocycles. The zero-order chi connectivity index (χ0) is 20.7. The number of rotatable bonds is 6. The third kappa shape index (κ3) is 3.87. The summed E-state index contributed by atoms with van der Waals surface area (Å²) in [7, 11) is -0.565. The minimum Gasteiger partial charge on any atom is -0.481 e. The number of carboxylic acid groups (broad SMARTS) is 1. The molecule has 0 bridgehead atoms. The maximum absolute atomic E-state index is 11.5. The SMILES string of the molecule is CC(=O)NCC(=Cc1ccc(C2(C(=O)O)CC2)cc1)B1OC(C)(C)C(C)(C)O1. The molecule has 0 spiro atoms. The van der Waals surface area contributed by atoms with Gasteiger partial charge >= 0.3 is 13.1 Å². The zero-order valence-corrected chi connectivity index (χ0v) is 17.2. The predicted octanol–water partition coefficient (Wildman–Crippen LogP) is 2.95. The lowest BCUT2D eigenvalue weighted by Crippen LogP contribution is -2.41. The van der Waals surface area contributed by atoms with E-state index in [1.165, 1.54) is 6.92 Å². The average molecular weight is 385 g/mol. The molecule has 7 heteroatoms. The first-order valence-electron chi connectivity index (χ1n) is 9.61. The first-order chi connectivity index (χ1) is 13.0. The Bertz CT molecular complexity index is 793. The summed E-state index contributed by atoms with van der Waals surface area (Å²) in [5, 5.41) is 12.3. The minimum atomic E-state index is -0.764. The van der Waals surface area contributed by atoms with Crippen LogP contribution in [0.15, 0.2) is 29.7 Å². The second-order valence-electron chi connectivity index (χ2n) is 8.73. The van der Waals surface area contributed by atoms with Crippen molar-refractivity contribution < 1.29 is 24.0 Å². The highest BCUT2D eigenvalue weighted by molar-refractivity contribution is 6.56. The van der Waals surface area contributed by atoms with Gasteiger partial charge in [0.1, 0.15) is 0 Å². The Morgan fingerprint density at radius 2 is 1.64 bits per heavy atom. The van der Waals surface area contributed by atoms with E-state index in [1.807, 2.05) is 58.0 Å². The highest BCUT2D eigenvalue weighted by Gasteiger charge is 2.53. The molecule has 150 valence electrons. The van der Waals surface area contributed by atoms with Crippen LogP contribution in [0.4, 0.5) is 0 Å². The van der Waals surface area contributed by atoms with Crippen LogP contribution in [0.3, 0.4) is 0 Å². The number of nitrogens with one attached hydrogen (secondary N) is 1. The summed E-state index contributed by atoms with van der Waals surface area (Å²) in [5.74, 6) is -0.894. The number of hydrogen-bond donors (Lipinski definition) is 2. The van der Waals surface area contributed by atoms with Crippen molar-refractivity contribution in [2.24, 2.45) is 0 Å².